The van der Waals surface area contributed by atoms with Crippen LogP contribution >= 0.6 is 0 Å². The Morgan fingerprint density at radius 1 is 1.53 bits per heavy atom. The molecule has 4 heteroatoms. The van der Waals surface area contributed by atoms with Crippen molar-refractivity contribution in [2.75, 3.05) is 12.3 Å². The van der Waals surface area contributed by atoms with Crippen molar-refractivity contribution >= 4 is 28.7 Å². The summed E-state index contributed by atoms with van der Waals surface area (Å²) >= 11 is 0. The molecule has 0 aliphatic carbocycles. The number of hydrogen-bond acceptors (Lipinski definition) is 4. The first-order chi connectivity index (χ1) is 8.20. The van der Waals surface area contributed by atoms with Gasteiger partial charge >= 0.3 is 5.97 Å². The van der Waals surface area contributed by atoms with E-state index in [2.05, 4.69) is 0 Å². The summed E-state index contributed by atoms with van der Waals surface area (Å²) in [5.74, 6) is 0.187. The second kappa shape index (κ2) is 4.74. The minimum absolute atomic E-state index is 0.357. The van der Waals surface area contributed by atoms with Crippen molar-refractivity contribution < 1.29 is 13.9 Å². The molecule has 0 fully saturated rings. The second-order valence-electron chi connectivity index (χ2n) is 3.49. The lowest BCUT2D eigenvalue weighted by Gasteiger charge is -1.92. The van der Waals surface area contributed by atoms with Crippen molar-refractivity contribution in [3.8, 4) is 0 Å². The van der Waals surface area contributed by atoms with Crippen LogP contribution in [0.3, 0.4) is 0 Å². The summed E-state index contributed by atoms with van der Waals surface area (Å²) in [7, 11) is 0. The SMILES string of the molecule is CCOC(=O)C=Cc1cc2c(N)cccc2o1. The number of furan rings is 1. The fourth-order valence-electron chi connectivity index (χ4n) is 1.53. The molecule has 1 aromatic heterocycles. The third-order valence-corrected chi connectivity index (χ3v) is 2.28. The number of esters is 1. The highest BCUT2D eigenvalue weighted by molar-refractivity contribution is 5.92. The first kappa shape index (κ1) is 11.3. The van der Waals surface area contributed by atoms with Crippen LogP contribution in [0.2, 0.25) is 0 Å². The summed E-state index contributed by atoms with van der Waals surface area (Å²) in [6, 6.07) is 7.24. The van der Waals surface area contributed by atoms with Gasteiger partial charge in [0, 0.05) is 17.1 Å². The van der Waals surface area contributed by atoms with Crippen LogP contribution in [-0.2, 0) is 9.53 Å². The molecular formula is C13H13NO3. The molecule has 4 nitrogen and oxygen atoms in total. The molecular weight excluding hydrogens is 218 g/mol. The predicted molar refractivity (Wildman–Crippen MR) is 66.3 cm³/mol. The Balaban J connectivity index is 2.25. The Bertz CT molecular complexity index is 569. The maximum atomic E-state index is 11.1. The first-order valence-corrected chi connectivity index (χ1v) is 5.33. The van der Waals surface area contributed by atoms with Crippen molar-refractivity contribution in [1.29, 1.82) is 0 Å². The zero-order valence-corrected chi connectivity index (χ0v) is 9.47. The van der Waals surface area contributed by atoms with E-state index in [0.717, 1.165) is 5.39 Å². The highest BCUT2D eigenvalue weighted by Gasteiger charge is 2.04. The van der Waals surface area contributed by atoms with Crippen molar-refractivity contribution in [1.82, 2.24) is 0 Å². The number of nitrogen functional groups attached to an aromatic ring is 1. The van der Waals surface area contributed by atoms with Gasteiger partial charge in [-0.3, -0.25) is 0 Å². The number of ether oxygens (including phenoxy) is 1. The topological polar surface area (TPSA) is 65.5 Å². The van der Waals surface area contributed by atoms with E-state index in [-0.39, 0.29) is 5.97 Å². The standard InChI is InChI=1S/C13H13NO3/c1-2-16-13(15)7-6-9-8-10-11(14)4-3-5-12(10)17-9/h3-8H,2,14H2,1H3. The lowest BCUT2D eigenvalue weighted by Crippen LogP contribution is -1.98. The lowest BCUT2D eigenvalue weighted by atomic mass is 10.2. The van der Waals surface area contributed by atoms with E-state index in [9.17, 15) is 4.79 Å². The molecule has 0 bridgehead atoms. The number of fused-ring (bicyclic) bond motifs is 1. The quantitative estimate of drug-likeness (QED) is 0.501. The van der Waals surface area contributed by atoms with Crippen LogP contribution < -0.4 is 5.73 Å². The Kier molecular flexibility index (Phi) is 3.14. The van der Waals surface area contributed by atoms with Crippen LogP contribution in [0.15, 0.2) is 34.8 Å². The Hall–Kier alpha value is -2.23. The van der Waals surface area contributed by atoms with Gasteiger partial charge in [0.25, 0.3) is 0 Å². The van der Waals surface area contributed by atoms with E-state index in [1.807, 2.05) is 12.1 Å². The normalized spacial score (nSPS) is 11.1. The van der Waals surface area contributed by atoms with Crippen molar-refractivity contribution in [3.05, 3.63) is 36.1 Å². The smallest absolute Gasteiger partial charge is 0.330 e. The molecule has 0 unspecified atom stereocenters. The fraction of sp³-hybridized carbons (Fsp3) is 0.154. The molecule has 2 N–H and O–H groups in total. The monoisotopic (exact) mass is 231 g/mol. The predicted octanol–water partition coefficient (Wildman–Crippen LogP) is 2.59. The fourth-order valence-corrected chi connectivity index (χ4v) is 1.53. The highest BCUT2D eigenvalue weighted by Crippen LogP contribution is 2.25. The average molecular weight is 231 g/mol. The third-order valence-electron chi connectivity index (χ3n) is 2.28. The summed E-state index contributed by atoms with van der Waals surface area (Å²) in [5, 5.41) is 0.844. The van der Waals surface area contributed by atoms with Crippen molar-refractivity contribution in [2.45, 2.75) is 6.92 Å². The molecule has 0 aliphatic rings. The van der Waals surface area contributed by atoms with Crippen LogP contribution in [0.25, 0.3) is 17.0 Å². The van der Waals surface area contributed by atoms with Crippen LogP contribution in [0.1, 0.15) is 12.7 Å². The Morgan fingerprint density at radius 2 is 2.35 bits per heavy atom. The molecule has 1 aromatic carbocycles. The van der Waals surface area contributed by atoms with Gasteiger partial charge < -0.3 is 14.9 Å². The molecule has 2 aromatic rings. The molecule has 0 aliphatic heterocycles. The van der Waals surface area contributed by atoms with Crippen LogP contribution in [0.5, 0.6) is 0 Å². The summed E-state index contributed by atoms with van der Waals surface area (Å²) in [5.41, 5.74) is 7.15. The molecule has 0 saturated carbocycles. The van der Waals surface area contributed by atoms with Gasteiger partial charge in [-0.2, -0.15) is 0 Å². The first-order valence-electron chi connectivity index (χ1n) is 5.33. The number of hydrogen-bond donors (Lipinski definition) is 1. The van der Waals surface area contributed by atoms with Gasteiger partial charge in [0.15, 0.2) is 0 Å². The minimum atomic E-state index is -0.388. The summed E-state index contributed by atoms with van der Waals surface area (Å²) in [6.45, 7) is 2.11. The number of benzene rings is 1. The third kappa shape index (κ3) is 2.47. The van der Waals surface area contributed by atoms with E-state index >= 15 is 0 Å². The van der Waals surface area contributed by atoms with E-state index in [1.165, 1.54) is 6.08 Å². The number of anilines is 1. The second-order valence-corrected chi connectivity index (χ2v) is 3.49. The summed E-state index contributed by atoms with van der Waals surface area (Å²) < 4.78 is 10.3. The van der Waals surface area contributed by atoms with E-state index in [1.54, 1.807) is 25.1 Å². The number of nitrogens with two attached hydrogens (primary N) is 1. The number of carbonyl (C=O) groups is 1. The van der Waals surface area contributed by atoms with E-state index in [0.29, 0.717) is 23.6 Å². The molecule has 0 saturated heterocycles. The van der Waals surface area contributed by atoms with Gasteiger partial charge in [-0.05, 0) is 31.2 Å². The average Bonchev–Trinajstić information content (AvgIpc) is 2.71. The molecule has 2 rings (SSSR count). The minimum Gasteiger partial charge on any atom is -0.463 e. The summed E-state index contributed by atoms with van der Waals surface area (Å²) in [6.07, 6.45) is 2.90. The van der Waals surface area contributed by atoms with Gasteiger partial charge in [-0.15, -0.1) is 0 Å². The van der Waals surface area contributed by atoms with Gasteiger partial charge in [0.1, 0.15) is 11.3 Å². The van der Waals surface area contributed by atoms with Crippen LogP contribution in [0.4, 0.5) is 5.69 Å². The van der Waals surface area contributed by atoms with Crippen molar-refractivity contribution in [3.63, 3.8) is 0 Å². The number of rotatable bonds is 3. The van der Waals surface area contributed by atoms with E-state index < -0.39 is 0 Å². The zero-order valence-electron chi connectivity index (χ0n) is 9.47. The molecule has 0 atom stereocenters. The molecule has 0 radical (unpaired) electrons. The summed E-state index contributed by atoms with van der Waals surface area (Å²) in [4.78, 5) is 11.1. The van der Waals surface area contributed by atoms with Crippen LogP contribution in [0, 0.1) is 0 Å². The lowest BCUT2D eigenvalue weighted by molar-refractivity contribution is -0.137. The van der Waals surface area contributed by atoms with E-state index in [4.69, 9.17) is 14.9 Å². The van der Waals surface area contributed by atoms with Gasteiger partial charge in [-0.1, -0.05) is 6.07 Å². The Morgan fingerprint density at radius 3 is 3.06 bits per heavy atom. The van der Waals surface area contributed by atoms with Gasteiger partial charge in [-0.25, -0.2) is 4.79 Å². The van der Waals surface area contributed by atoms with Crippen LogP contribution in [-0.4, -0.2) is 12.6 Å². The Labute approximate surface area is 98.7 Å². The van der Waals surface area contributed by atoms with Gasteiger partial charge in [0.05, 0.1) is 6.61 Å². The highest BCUT2D eigenvalue weighted by atomic mass is 16.5. The zero-order chi connectivity index (χ0) is 12.3. The number of carbonyl (C=O) groups excluding carboxylic acids is 1. The molecule has 88 valence electrons. The maximum Gasteiger partial charge on any atom is 0.330 e. The molecule has 1 heterocycles. The largest absolute Gasteiger partial charge is 0.463 e. The molecule has 0 amide bonds. The molecule has 17 heavy (non-hydrogen) atoms. The molecule has 0 spiro atoms. The van der Waals surface area contributed by atoms with Gasteiger partial charge in [0.2, 0.25) is 0 Å². The maximum absolute atomic E-state index is 11.1. The van der Waals surface area contributed by atoms with Crippen molar-refractivity contribution in [2.24, 2.45) is 0 Å².